The van der Waals surface area contributed by atoms with Gasteiger partial charge in [0.25, 0.3) is 0 Å². The molecule has 1 aromatic carbocycles. The third-order valence-electron chi connectivity index (χ3n) is 3.65. The van der Waals surface area contributed by atoms with E-state index in [1.54, 1.807) is 0 Å². The Balaban J connectivity index is 1.92. The van der Waals surface area contributed by atoms with Crippen LogP contribution in [0.2, 0.25) is 0 Å². The summed E-state index contributed by atoms with van der Waals surface area (Å²) in [5, 5.41) is 5.76. The fraction of sp³-hybridized carbons (Fsp3) is 0.467. The van der Waals surface area contributed by atoms with Gasteiger partial charge in [-0.25, -0.2) is 0 Å². The third kappa shape index (κ3) is 3.57. The third-order valence-corrected chi connectivity index (χ3v) is 3.65. The Morgan fingerprint density at radius 2 is 2.00 bits per heavy atom. The molecule has 0 radical (unpaired) electrons. The summed E-state index contributed by atoms with van der Waals surface area (Å²) in [5.41, 5.74) is 1.07. The summed E-state index contributed by atoms with van der Waals surface area (Å²) in [5.74, 6) is -0.0666. The topological polar surface area (TPSA) is 61.4 Å². The van der Waals surface area contributed by atoms with Crippen LogP contribution < -0.4 is 10.6 Å². The molecule has 5 heteroatoms. The van der Waals surface area contributed by atoms with Crippen molar-refractivity contribution in [2.45, 2.75) is 25.9 Å². The number of carbonyl (C=O) groups is 2. The second kappa shape index (κ2) is 6.52. The Kier molecular flexibility index (Phi) is 4.74. The van der Waals surface area contributed by atoms with Crippen molar-refractivity contribution in [1.82, 2.24) is 15.5 Å². The maximum Gasteiger partial charge on any atom is 0.237 e. The molecule has 20 heavy (non-hydrogen) atoms. The molecule has 5 nitrogen and oxygen atoms in total. The summed E-state index contributed by atoms with van der Waals surface area (Å²) < 4.78 is 0. The average Bonchev–Trinajstić information content (AvgIpc) is 2.47. The van der Waals surface area contributed by atoms with Gasteiger partial charge < -0.3 is 10.6 Å². The van der Waals surface area contributed by atoms with Crippen molar-refractivity contribution in [3.63, 3.8) is 0 Å². The monoisotopic (exact) mass is 275 g/mol. The average molecular weight is 275 g/mol. The summed E-state index contributed by atoms with van der Waals surface area (Å²) >= 11 is 0. The molecule has 0 aromatic heterocycles. The fourth-order valence-electron chi connectivity index (χ4n) is 2.31. The van der Waals surface area contributed by atoms with E-state index in [9.17, 15) is 9.59 Å². The number of benzene rings is 1. The molecule has 0 bridgehead atoms. The van der Waals surface area contributed by atoms with Crippen LogP contribution in [-0.4, -0.2) is 42.4 Å². The first-order valence-electron chi connectivity index (χ1n) is 6.94. The lowest BCUT2D eigenvalue weighted by atomic mass is 10.1. The van der Waals surface area contributed by atoms with E-state index >= 15 is 0 Å². The fourth-order valence-corrected chi connectivity index (χ4v) is 2.31. The molecule has 2 amide bonds. The molecule has 2 N–H and O–H groups in total. The second-order valence-corrected chi connectivity index (χ2v) is 5.14. The van der Waals surface area contributed by atoms with Crippen LogP contribution in [0.4, 0.5) is 0 Å². The van der Waals surface area contributed by atoms with Gasteiger partial charge in [0, 0.05) is 13.1 Å². The van der Waals surface area contributed by atoms with Gasteiger partial charge in [-0.1, -0.05) is 30.3 Å². The smallest absolute Gasteiger partial charge is 0.237 e. The minimum Gasteiger partial charge on any atom is -0.354 e. The van der Waals surface area contributed by atoms with Crippen molar-refractivity contribution in [3.05, 3.63) is 35.9 Å². The Bertz CT molecular complexity index is 475. The van der Waals surface area contributed by atoms with Crippen LogP contribution in [-0.2, 0) is 9.59 Å². The van der Waals surface area contributed by atoms with Gasteiger partial charge >= 0.3 is 0 Å². The number of nitrogens with one attached hydrogen (secondary N) is 2. The van der Waals surface area contributed by atoms with E-state index in [-0.39, 0.29) is 30.4 Å². The molecule has 108 valence electrons. The minimum atomic E-state index is -0.299. The number of carbonyl (C=O) groups excluding carboxylic acids is 2. The molecule has 1 heterocycles. The quantitative estimate of drug-likeness (QED) is 0.849. The van der Waals surface area contributed by atoms with Crippen molar-refractivity contribution in [1.29, 1.82) is 0 Å². The van der Waals surface area contributed by atoms with E-state index in [4.69, 9.17) is 0 Å². The lowest BCUT2D eigenvalue weighted by Gasteiger charge is -2.31. The molecule has 1 aromatic rings. The number of rotatable bonds is 4. The largest absolute Gasteiger partial charge is 0.354 e. The van der Waals surface area contributed by atoms with Gasteiger partial charge in [-0.05, 0) is 19.4 Å². The molecule has 2 atom stereocenters. The van der Waals surface area contributed by atoms with Gasteiger partial charge in [0.1, 0.15) is 0 Å². The van der Waals surface area contributed by atoms with E-state index < -0.39 is 0 Å². The minimum absolute atomic E-state index is 0.0213. The number of hydrogen-bond donors (Lipinski definition) is 2. The van der Waals surface area contributed by atoms with Gasteiger partial charge in [-0.15, -0.1) is 0 Å². The van der Waals surface area contributed by atoms with E-state index in [2.05, 4.69) is 10.6 Å². The lowest BCUT2D eigenvalue weighted by Crippen LogP contribution is -2.55. The highest BCUT2D eigenvalue weighted by molar-refractivity contribution is 5.84. The Morgan fingerprint density at radius 3 is 2.65 bits per heavy atom. The highest BCUT2D eigenvalue weighted by Crippen LogP contribution is 2.12. The zero-order valence-electron chi connectivity index (χ0n) is 11.9. The van der Waals surface area contributed by atoms with Crippen molar-refractivity contribution < 1.29 is 9.59 Å². The number of hydrogen-bond acceptors (Lipinski definition) is 3. The van der Waals surface area contributed by atoms with Crippen molar-refractivity contribution in [3.8, 4) is 0 Å². The molecule has 0 unspecified atom stereocenters. The first-order chi connectivity index (χ1) is 9.58. The van der Waals surface area contributed by atoms with Crippen LogP contribution in [0, 0.1) is 0 Å². The Hall–Kier alpha value is -1.88. The van der Waals surface area contributed by atoms with Crippen LogP contribution in [0.1, 0.15) is 25.5 Å². The second-order valence-electron chi connectivity index (χ2n) is 5.14. The van der Waals surface area contributed by atoms with Gasteiger partial charge in [-0.2, -0.15) is 0 Å². The standard InChI is InChI=1S/C15H21N3O2/c1-11(13-6-4-3-5-7-13)17-15(20)12(2)18-9-8-16-14(19)10-18/h3-7,11-12H,8-10H2,1-2H3,(H,16,19)(H,17,20)/t11-,12-/m0/s1. The Labute approximate surface area is 119 Å². The molecule has 0 saturated carbocycles. The Morgan fingerprint density at radius 1 is 1.30 bits per heavy atom. The number of piperazine rings is 1. The predicted molar refractivity (Wildman–Crippen MR) is 77.0 cm³/mol. The van der Waals surface area contributed by atoms with Gasteiger partial charge in [0.15, 0.2) is 0 Å². The van der Waals surface area contributed by atoms with E-state index in [1.807, 2.05) is 49.1 Å². The molecule has 1 aliphatic rings. The predicted octanol–water partition coefficient (Wildman–Crippen LogP) is 0.684. The highest BCUT2D eigenvalue weighted by atomic mass is 16.2. The molecule has 1 fully saturated rings. The molecular weight excluding hydrogens is 254 g/mol. The van der Waals surface area contributed by atoms with Gasteiger partial charge in [-0.3, -0.25) is 14.5 Å². The normalized spacial score (nSPS) is 19.0. The van der Waals surface area contributed by atoms with Crippen LogP contribution in [0.15, 0.2) is 30.3 Å². The van der Waals surface area contributed by atoms with Crippen LogP contribution in [0.5, 0.6) is 0 Å². The van der Waals surface area contributed by atoms with Gasteiger partial charge in [0.2, 0.25) is 11.8 Å². The van der Waals surface area contributed by atoms with Crippen LogP contribution in [0.25, 0.3) is 0 Å². The maximum absolute atomic E-state index is 12.2. The highest BCUT2D eigenvalue weighted by Gasteiger charge is 2.26. The van der Waals surface area contributed by atoms with Crippen LogP contribution in [0.3, 0.4) is 0 Å². The summed E-state index contributed by atoms with van der Waals surface area (Å²) in [7, 11) is 0. The van der Waals surface area contributed by atoms with Crippen molar-refractivity contribution in [2.75, 3.05) is 19.6 Å². The molecule has 0 spiro atoms. The number of amides is 2. The van der Waals surface area contributed by atoms with Crippen LogP contribution >= 0.6 is 0 Å². The zero-order chi connectivity index (χ0) is 14.5. The molecule has 1 saturated heterocycles. The summed E-state index contributed by atoms with van der Waals surface area (Å²) in [6.45, 7) is 5.40. The lowest BCUT2D eigenvalue weighted by molar-refractivity contribution is -0.130. The molecule has 1 aliphatic heterocycles. The zero-order valence-corrected chi connectivity index (χ0v) is 11.9. The summed E-state index contributed by atoms with van der Waals surface area (Å²) in [6.07, 6.45) is 0. The SMILES string of the molecule is C[C@H](NC(=O)[C@H](C)N1CCNC(=O)C1)c1ccccc1. The van der Waals surface area contributed by atoms with Crippen molar-refractivity contribution in [2.24, 2.45) is 0 Å². The van der Waals surface area contributed by atoms with E-state index in [1.165, 1.54) is 0 Å². The maximum atomic E-state index is 12.2. The van der Waals surface area contributed by atoms with Crippen molar-refractivity contribution >= 4 is 11.8 Å². The molecular formula is C15H21N3O2. The first kappa shape index (κ1) is 14.5. The van der Waals surface area contributed by atoms with E-state index in [0.717, 1.165) is 5.56 Å². The summed E-state index contributed by atoms with van der Waals surface area (Å²) in [4.78, 5) is 25.5. The first-order valence-corrected chi connectivity index (χ1v) is 6.94. The number of nitrogens with zero attached hydrogens (tertiary/aromatic N) is 1. The molecule has 0 aliphatic carbocycles. The van der Waals surface area contributed by atoms with Gasteiger partial charge in [0.05, 0.1) is 18.6 Å². The summed E-state index contributed by atoms with van der Waals surface area (Å²) in [6, 6.07) is 9.50. The molecule has 2 rings (SSSR count). The van der Waals surface area contributed by atoms with E-state index in [0.29, 0.717) is 13.1 Å².